The molecule has 0 saturated heterocycles. The molecule has 138 valence electrons. The number of rotatable bonds is 4. The average molecular weight is 399 g/mol. The normalized spacial score (nSPS) is 16.1. The molecule has 0 fully saturated rings. The van der Waals surface area contributed by atoms with Gasteiger partial charge in [-0.25, -0.2) is 0 Å². The van der Waals surface area contributed by atoms with Crippen molar-refractivity contribution >= 4 is 40.2 Å². The van der Waals surface area contributed by atoms with E-state index in [1.54, 1.807) is 24.3 Å². The van der Waals surface area contributed by atoms with Gasteiger partial charge < -0.3 is 10.2 Å². The van der Waals surface area contributed by atoms with Crippen molar-refractivity contribution in [3.05, 3.63) is 69.1 Å². The number of halogens is 1. The van der Waals surface area contributed by atoms with Crippen molar-refractivity contribution in [3.8, 4) is 0 Å². The van der Waals surface area contributed by atoms with Gasteiger partial charge in [0.1, 0.15) is 5.01 Å². The second-order valence-corrected chi connectivity index (χ2v) is 8.10. The van der Waals surface area contributed by atoms with Crippen LogP contribution in [-0.4, -0.2) is 22.1 Å². The maximum Gasteiger partial charge on any atom is 0.286 e. The van der Waals surface area contributed by atoms with Gasteiger partial charge in [-0.1, -0.05) is 41.1 Å². The van der Waals surface area contributed by atoms with E-state index in [0.29, 0.717) is 28.3 Å². The molecule has 27 heavy (non-hydrogen) atoms. The van der Waals surface area contributed by atoms with Crippen LogP contribution in [0, 0.1) is 0 Å². The second kappa shape index (κ2) is 7.66. The molecule has 2 aromatic carbocycles. The molecule has 0 unspecified atom stereocenters. The van der Waals surface area contributed by atoms with Gasteiger partial charge in [0.2, 0.25) is 5.01 Å². The zero-order chi connectivity index (χ0) is 18.8. The zero-order valence-corrected chi connectivity index (χ0v) is 16.4. The van der Waals surface area contributed by atoms with Crippen LogP contribution in [0.15, 0.2) is 48.5 Å². The third-order valence-electron chi connectivity index (χ3n) is 4.73. The number of fused-ring (bicyclic) bond motifs is 1. The van der Waals surface area contributed by atoms with E-state index in [1.165, 1.54) is 22.6 Å². The van der Waals surface area contributed by atoms with Gasteiger partial charge in [-0.2, -0.15) is 0 Å². The zero-order valence-electron chi connectivity index (χ0n) is 14.9. The number of anilines is 2. The van der Waals surface area contributed by atoms with Gasteiger partial charge in [-0.05, 0) is 55.7 Å². The predicted molar refractivity (Wildman–Crippen MR) is 110 cm³/mol. The molecule has 1 aromatic heterocycles. The molecule has 1 aliphatic heterocycles. The van der Waals surface area contributed by atoms with Gasteiger partial charge in [0.25, 0.3) is 5.91 Å². The third kappa shape index (κ3) is 3.96. The number of benzene rings is 2. The Morgan fingerprint density at radius 1 is 1.22 bits per heavy atom. The van der Waals surface area contributed by atoms with Gasteiger partial charge in [-0.3, -0.25) is 4.79 Å². The van der Waals surface area contributed by atoms with Crippen molar-refractivity contribution in [2.75, 3.05) is 10.2 Å². The van der Waals surface area contributed by atoms with E-state index in [-0.39, 0.29) is 5.91 Å². The maximum absolute atomic E-state index is 12.4. The number of hydrogen-bond acceptors (Lipinski definition) is 5. The van der Waals surface area contributed by atoms with Crippen LogP contribution in [0.2, 0.25) is 5.02 Å². The monoisotopic (exact) mass is 398 g/mol. The van der Waals surface area contributed by atoms with Gasteiger partial charge >= 0.3 is 0 Å². The molecule has 1 atom stereocenters. The van der Waals surface area contributed by atoms with Gasteiger partial charge in [-0.15, -0.1) is 10.2 Å². The van der Waals surface area contributed by atoms with E-state index < -0.39 is 0 Å². The molecule has 7 heteroatoms. The quantitative estimate of drug-likeness (QED) is 0.686. The lowest BCUT2D eigenvalue weighted by Crippen LogP contribution is -2.36. The Balaban J connectivity index is 1.48. The summed E-state index contributed by atoms with van der Waals surface area (Å²) >= 11 is 7.20. The Bertz CT molecular complexity index is 957. The highest BCUT2D eigenvalue weighted by molar-refractivity contribution is 7.13. The number of nitrogens with zero attached hydrogens (tertiary/aromatic N) is 3. The first-order valence-corrected chi connectivity index (χ1v) is 10.0. The second-order valence-electron chi connectivity index (χ2n) is 6.61. The molecule has 0 spiro atoms. The summed E-state index contributed by atoms with van der Waals surface area (Å²) in [5.74, 6) is -0.256. The minimum absolute atomic E-state index is 0.256. The fraction of sp³-hybridized carbons (Fsp3) is 0.250. The highest BCUT2D eigenvalue weighted by Crippen LogP contribution is 2.32. The summed E-state index contributed by atoms with van der Waals surface area (Å²) in [6.45, 7) is 2.88. The van der Waals surface area contributed by atoms with Gasteiger partial charge in [0, 0.05) is 22.4 Å². The molecule has 1 amide bonds. The highest BCUT2D eigenvalue weighted by atomic mass is 35.5. The molecule has 0 radical (unpaired) electrons. The van der Waals surface area contributed by atoms with E-state index in [0.717, 1.165) is 17.8 Å². The predicted octanol–water partition coefficient (Wildman–Crippen LogP) is 4.79. The lowest BCUT2D eigenvalue weighted by Gasteiger charge is -2.36. The van der Waals surface area contributed by atoms with Crippen molar-refractivity contribution < 1.29 is 4.79 Å². The molecule has 1 N–H and O–H groups in total. The smallest absolute Gasteiger partial charge is 0.286 e. The SMILES string of the molecule is C[C@H]1CCc2ccccc2N1Cc1nnc(C(=O)Nc2ccc(Cl)cc2)s1. The summed E-state index contributed by atoms with van der Waals surface area (Å²) in [4.78, 5) is 14.8. The minimum atomic E-state index is -0.256. The Hall–Kier alpha value is -2.44. The van der Waals surface area contributed by atoms with E-state index in [4.69, 9.17) is 11.6 Å². The molecular weight excluding hydrogens is 380 g/mol. The van der Waals surface area contributed by atoms with E-state index >= 15 is 0 Å². The average Bonchev–Trinajstić information content (AvgIpc) is 3.15. The van der Waals surface area contributed by atoms with Crippen LogP contribution in [0.25, 0.3) is 0 Å². The van der Waals surface area contributed by atoms with Crippen LogP contribution in [0.4, 0.5) is 11.4 Å². The van der Waals surface area contributed by atoms with E-state index in [1.807, 2.05) is 0 Å². The largest absolute Gasteiger partial charge is 0.362 e. The molecule has 3 aromatic rings. The number of carbonyl (C=O) groups is 1. The summed E-state index contributed by atoms with van der Waals surface area (Å²) in [7, 11) is 0. The summed E-state index contributed by atoms with van der Waals surface area (Å²) in [5, 5.41) is 13.0. The van der Waals surface area contributed by atoms with Crippen LogP contribution >= 0.6 is 22.9 Å². The molecular formula is C20H19ClN4OS. The highest BCUT2D eigenvalue weighted by Gasteiger charge is 2.24. The Morgan fingerprint density at radius 3 is 2.81 bits per heavy atom. The van der Waals surface area contributed by atoms with Crippen LogP contribution in [0.1, 0.15) is 33.7 Å². The van der Waals surface area contributed by atoms with Crippen LogP contribution in [0.5, 0.6) is 0 Å². The number of hydrogen-bond donors (Lipinski definition) is 1. The Kier molecular flexibility index (Phi) is 5.09. The standard InChI is InChI=1S/C20H19ClN4OS/c1-13-6-7-14-4-2-3-5-17(14)25(13)12-18-23-24-20(27-18)19(26)22-16-10-8-15(21)9-11-16/h2-5,8-11,13H,6-7,12H2,1H3,(H,22,26)/t13-/m0/s1. The molecule has 0 aliphatic carbocycles. The molecule has 5 nitrogen and oxygen atoms in total. The third-order valence-corrected chi connectivity index (χ3v) is 5.89. The first-order chi connectivity index (χ1) is 13.1. The lowest BCUT2D eigenvalue weighted by atomic mass is 9.97. The van der Waals surface area contributed by atoms with Crippen molar-refractivity contribution in [3.63, 3.8) is 0 Å². The lowest BCUT2D eigenvalue weighted by molar-refractivity contribution is 0.102. The summed E-state index contributed by atoms with van der Waals surface area (Å²) < 4.78 is 0. The first kappa shape index (κ1) is 17.9. The van der Waals surface area contributed by atoms with E-state index in [2.05, 4.69) is 51.6 Å². The molecule has 4 rings (SSSR count). The van der Waals surface area contributed by atoms with Crippen molar-refractivity contribution in [1.82, 2.24) is 10.2 Å². The van der Waals surface area contributed by atoms with Crippen LogP contribution < -0.4 is 10.2 Å². The number of aryl methyl sites for hydroxylation is 1. The number of amides is 1. The first-order valence-electron chi connectivity index (χ1n) is 8.84. The van der Waals surface area contributed by atoms with Crippen LogP contribution in [0.3, 0.4) is 0 Å². The van der Waals surface area contributed by atoms with Crippen molar-refractivity contribution in [1.29, 1.82) is 0 Å². The Morgan fingerprint density at radius 2 is 2.00 bits per heavy atom. The minimum Gasteiger partial charge on any atom is -0.362 e. The maximum atomic E-state index is 12.4. The fourth-order valence-corrected chi connectivity index (χ4v) is 4.13. The summed E-state index contributed by atoms with van der Waals surface area (Å²) in [6, 6.07) is 15.9. The molecule has 2 heterocycles. The molecule has 0 bridgehead atoms. The number of aromatic nitrogens is 2. The summed E-state index contributed by atoms with van der Waals surface area (Å²) in [6.07, 6.45) is 2.21. The Labute approximate surface area is 167 Å². The number of carbonyl (C=O) groups excluding carboxylic acids is 1. The van der Waals surface area contributed by atoms with Crippen molar-refractivity contribution in [2.24, 2.45) is 0 Å². The molecule has 0 saturated carbocycles. The number of para-hydroxylation sites is 1. The van der Waals surface area contributed by atoms with Gasteiger partial charge in [0.15, 0.2) is 0 Å². The fourth-order valence-electron chi connectivity index (χ4n) is 3.27. The topological polar surface area (TPSA) is 58.1 Å². The summed E-state index contributed by atoms with van der Waals surface area (Å²) in [5.41, 5.74) is 3.29. The van der Waals surface area contributed by atoms with Crippen LogP contribution in [-0.2, 0) is 13.0 Å². The van der Waals surface area contributed by atoms with Crippen molar-refractivity contribution in [2.45, 2.75) is 32.4 Å². The number of nitrogens with one attached hydrogen (secondary N) is 1. The van der Waals surface area contributed by atoms with Gasteiger partial charge in [0.05, 0.1) is 6.54 Å². The molecule has 1 aliphatic rings. The van der Waals surface area contributed by atoms with E-state index in [9.17, 15) is 4.79 Å².